The minimum atomic E-state index is -0.427. The molecular weight excluding hydrogens is 609 g/mol. The molecule has 0 atom stereocenters. The first-order valence-electron chi connectivity index (χ1n) is 14.0. The molecule has 5 aromatic rings. The zero-order valence-corrected chi connectivity index (χ0v) is 26.1. The fourth-order valence-corrected chi connectivity index (χ4v) is 5.01. The highest BCUT2D eigenvalue weighted by atomic mass is 35.5. The van der Waals surface area contributed by atoms with Crippen LogP contribution in [0, 0.1) is 6.92 Å². The normalized spacial score (nSPS) is 11.3. The van der Waals surface area contributed by atoms with Crippen LogP contribution in [0.3, 0.4) is 0 Å². The van der Waals surface area contributed by atoms with Crippen LogP contribution < -0.4 is 15.0 Å². The van der Waals surface area contributed by atoms with Crippen LogP contribution in [-0.2, 0) is 16.2 Å². The Morgan fingerprint density at radius 2 is 1.76 bits per heavy atom. The van der Waals surface area contributed by atoms with Gasteiger partial charge in [-0.1, -0.05) is 59.6 Å². The standard InChI is InChI=1S/C35H29Cl2N5O3/c1-23-6-10-26-4-3-5-27(34(26)41-23)22-45-35-29(36)13-14-30(33(35)37)42(2)32(44)21-40-31(43)15-9-25-8-12-28(39-20-25)11-7-24-16-18-38-19-17-24/h3-20H,21-22H2,1-2H3,(H,40,43)/b11-7+,15-9+. The molecule has 3 heterocycles. The van der Waals surface area contributed by atoms with Crippen molar-refractivity contribution in [3.05, 3.63) is 130 Å². The van der Waals surface area contributed by atoms with Crippen molar-refractivity contribution in [1.82, 2.24) is 20.3 Å². The molecule has 8 nitrogen and oxygen atoms in total. The Morgan fingerprint density at radius 3 is 2.53 bits per heavy atom. The molecule has 10 heteroatoms. The van der Waals surface area contributed by atoms with Crippen molar-refractivity contribution < 1.29 is 14.3 Å². The van der Waals surface area contributed by atoms with Gasteiger partial charge in [0.25, 0.3) is 0 Å². The molecule has 0 bridgehead atoms. The summed E-state index contributed by atoms with van der Waals surface area (Å²) in [6.07, 6.45) is 11.9. The maximum atomic E-state index is 13.0. The summed E-state index contributed by atoms with van der Waals surface area (Å²) in [6.45, 7) is 1.87. The van der Waals surface area contributed by atoms with Gasteiger partial charge in [-0.15, -0.1) is 0 Å². The maximum absolute atomic E-state index is 13.0. The molecule has 2 amide bonds. The second-order valence-electron chi connectivity index (χ2n) is 10.1. The smallest absolute Gasteiger partial charge is 0.246 e. The number of carbonyl (C=O) groups excluding carboxylic acids is 2. The van der Waals surface area contributed by atoms with Gasteiger partial charge in [0, 0.05) is 48.4 Å². The van der Waals surface area contributed by atoms with Gasteiger partial charge in [0.2, 0.25) is 11.8 Å². The molecule has 0 spiro atoms. The van der Waals surface area contributed by atoms with E-state index in [-0.39, 0.29) is 29.8 Å². The number of halogens is 2. The monoisotopic (exact) mass is 637 g/mol. The number of aryl methyl sites for hydroxylation is 1. The van der Waals surface area contributed by atoms with Crippen LogP contribution in [0.2, 0.25) is 10.0 Å². The highest BCUT2D eigenvalue weighted by molar-refractivity contribution is 6.39. The summed E-state index contributed by atoms with van der Waals surface area (Å²) in [6, 6.07) is 20.6. The average Bonchev–Trinajstić information content (AvgIpc) is 3.06. The number of amides is 2. The van der Waals surface area contributed by atoms with Crippen molar-refractivity contribution in [2.24, 2.45) is 0 Å². The zero-order valence-electron chi connectivity index (χ0n) is 24.6. The van der Waals surface area contributed by atoms with E-state index in [0.717, 1.165) is 39.0 Å². The Hall–Kier alpha value is -5.05. The van der Waals surface area contributed by atoms with Crippen LogP contribution in [0.25, 0.3) is 29.1 Å². The lowest BCUT2D eigenvalue weighted by Crippen LogP contribution is -2.37. The number of likely N-dealkylation sites (N-methyl/N-ethyl adjacent to an activating group) is 1. The first-order valence-corrected chi connectivity index (χ1v) is 14.8. The number of nitrogens with zero attached hydrogens (tertiary/aromatic N) is 4. The summed E-state index contributed by atoms with van der Waals surface area (Å²) in [5, 5.41) is 4.09. The predicted molar refractivity (Wildman–Crippen MR) is 180 cm³/mol. The van der Waals surface area contributed by atoms with Gasteiger partial charge in [0.15, 0.2) is 5.75 Å². The molecule has 0 aliphatic carbocycles. The molecule has 2 aromatic carbocycles. The van der Waals surface area contributed by atoms with E-state index in [4.69, 9.17) is 27.9 Å². The summed E-state index contributed by atoms with van der Waals surface area (Å²) < 4.78 is 6.05. The topological polar surface area (TPSA) is 97.3 Å². The number of anilines is 1. The molecule has 0 unspecified atom stereocenters. The average molecular weight is 639 g/mol. The first kappa shape index (κ1) is 31.4. The highest BCUT2D eigenvalue weighted by Gasteiger charge is 2.20. The van der Waals surface area contributed by atoms with E-state index >= 15 is 0 Å². The van der Waals surface area contributed by atoms with Gasteiger partial charge in [0.05, 0.1) is 28.5 Å². The molecule has 226 valence electrons. The molecule has 0 saturated carbocycles. The number of benzene rings is 2. The predicted octanol–water partition coefficient (Wildman–Crippen LogP) is 7.18. The molecule has 3 aromatic heterocycles. The van der Waals surface area contributed by atoms with Crippen LogP contribution in [0.1, 0.15) is 28.1 Å². The fraction of sp³-hybridized carbons (Fsp3) is 0.114. The quantitative estimate of drug-likeness (QED) is 0.163. The number of nitrogens with one attached hydrogen (secondary N) is 1. The SMILES string of the molecule is Cc1ccc2cccc(COc3c(Cl)ccc(N(C)C(=O)CNC(=O)/C=C/c4ccc(/C=C/c5ccncc5)nc4)c3Cl)c2n1. The summed E-state index contributed by atoms with van der Waals surface area (Å²) in [4.78, 5) is 39.8. The highest BCUT2D eigenvalue weighted by Crippen LogP contribution is 2.40. The van der Waals surface area contributed by atoms with E-state index in [0.29, 0.717) is 10.7 Å². The Bertz CT molecular complexity index is 1890. The molecule has 0 aliphatic rings. The number of para-hydroxylation sites is 1. The number of rotatable bonds is 10. The van der Waals surface area contributed by atoms with Crippen LogP contribution in [0.15, 0.2) is 91.4 Å². The third-order valence-electron chi connectivity index (χ3n) is 6.88. The molecular formula is C35H29Cl2N5O3. The zero-order chi connectivity index (χ0) is 31.8. The van der Waals surface area contributed by atoms with Gasteiger partial charge < -0.3 is 15.0 Å². The Morgan fingerprint density at radius 1 is 0.933 bits per heavy atom. The second kappa shape index (κ2) is 14.6. The van der Waals surface area contributed by atoms with E-state index in [2.05, 4.69) is 20.3 Å². The van der Waals surface area contributed by atoms with Gasteiger partial charge in [-0.25, -0.2) is 0 Å². The summed E-state index contributed by atoms with van der Waals surface area (Å²) >= 11 is 13.1. The van der Waals surface area contributed by atoms with Gasteiger partial charge >= 0.3 is 0 Å². The van der Waals surface area contributed by atoms with E-state index < -0.39 is 5.91 Å². The lowest BCUT2D eigenvalue weighted by Gasteiger charge is -2.21. The van der Waals surface area contributed by atoms with E-state index in [1.54, 1.807) is 43.8 Å². The maximum Gasteiger partial charge on any atom is 0.246 e. The van der Waals surface area contributed by atoms with Crippen molar-refractivity contribution in [2.75, 3.05) is 18.5 Å². The third kappa shape index (κ3) is 8.12. The summed E-state index contributed by atoms with van der Waals surface area (Å²) in [5.41, 5.74) is 5.53. The number of aromatic nitrogens is 3. The largest absolute Gasteiger partial charge is 0.486 e. The molecule has 0 radical (unpaired) electrons. The van der Waals surface area contributed by atoms with Crippen molar-refractivity contribution in [3.8, 4) is 5.75 Å². The molecule has 0 saturated heterocycles. The number of ether oxygens (including phenoxy) is 1. The molecule has 0 fully saturated rings. The Kier molecular flexibility index (Phi) is 10.2. The minimum Gasteiger partial charge on any atom is -0.486 e. The molecule has 0 aliphatic heterocycles. The Labute approximate surface area is 271 Å². The second-order valence-corrected chi connectivity index (χ2v) is 10.9. The number of fused-ring (bicyclic) bond motifs is 1. The lowest BCUT2D eigenvalue weighted by molar-refractivity contribution is -0.122. The number of pyridine rings is 3. The number of carbonyl (C=O) groups is 2. The van der Waals surface area contributed by atoms with Crippen LogP contribution in [-0.4, -0.2) is 40.4 Å². The summed E-state index contributed by atoms with van der Waals surface area (Å²) in [7, 11) is 1.57. The van der Waals surface area contributed by atoms with Crippen molar-refractivity contribution in [3.63, 3.8) is 0 Å². The van der Waals surface area contributed by atoms with Gasteiger partial charge in [-0.3, -0.25) is 24.5 Å². The molecule has 5 rings (SSSR count). The summed E-state index contributed by atoms with van der Waals surface area (Å²) in [5.74, 6) is -0.559. The van der Waals surface area contributed by atoms with Crippen LogP contribution in [0.5, 0.6) is 5.75 Å². The molecule has 45 heavy (non-hydrogen) atoms. The van der Waals surface area contributed by atoms with Crippen molar-refractivity contribution in [1.29, 1.82) is 0 Å². The van der Waals surface area contributed by atoms with E-state index in [1.165, 1.54) is 11.0 Å². The third-order valence-corrected chi connectivity index (χ3v) is 7.54. The lowest BCUT2D eigenvalue weighted by atomic mass is 10.1. The van der Waals surface area contributed by atoms with Gasteiger partial charge in [0.1, 0.15) is 11.6 Å². The van der Waals surface area contributed by atoms with Crippen LogP contribution in [0.4, 0.5) is 5.69 Å². The number of hydrogen-bond donors (Lipinski definition) is 1. The Balaban J connectivity index is 1.17. The van der Waals surface area contributed by atoms with Crippen molar-refractivity contribution in [2.45, 2.75) is 13.5 Å². The van der Waals surface area contributed by atoms with E-state index in [9.17, 15) is 9.59 Å². The van der Waals surface area contributed by atoms with Crippen molar-refractivity contribution >= 4 is 69.8 Å². The van der Waals surface area contributed by atoms with Gasteiger partial charge in [-0.05, 0) is 66.6 Å². The minimum absolute atomic E-state index is 0.178. The molecule has 1 N–H and O–H groups in total. The van der Waals surface area contributed by atoms with E-state index in [1.807, 2.05) is 73.7 Å². The first-order chi connectivity index (χ1) is 21.8. The number of hydrogen-bond acceptors (Lipinski definition) is 6. The van der Waals surface area contributed by atoms with Crippen LogP contribution >= 0.6 is 23.2 Å². The van der Waals surface area contributed by atoms with Gasteiger partial charge in [-0.2, -0.15) is 0 Å². The fourth-order valence-electron chi connectivity index (χ4n) is 4.40.